The van der Waals surface area contributed by atoms with Crippen LogP contribution in [0.5, 0.6) is 0 Å². The van der Waals surface area contributed by atoms with E-state index in [1.54, 1.807) is 6.07 Å². The van der Waals surface area contributed by atoms with E-state index in [1.165, 1.54) is 18.2 Å². The molecule has 7 heteroatoms. The first-order chi connectivity index (χ1) is 9.92. The Labute approximate surface area is 123 Å². The summed E-state index contributed by atoms with van der Waals surface area (Å²) in [6, 6.07) is 11.3. The van der Waals surface area contributed by atoms with Crippen molar-refractivity contribution in [2.24, 2.45) is 0 Å². The van der Waals surface area contributed by atoms with Crippen molar-refractivity contribution in [1.82, 2.24) is 9.71 Å². The fourth-order valence-electron chi connectivity index (χ4n) is 1.81. The van der Waals surface area contributed by atoms with Crippen LogP contribution in [-0.2, 0) is 16.6 Å². The van der Waals surface area contributed by atoms with Crippen LogP contribution in [0.25, 0.3) is 0 Å². The van der Waals surface area contributed by atoms with Crippen LogP contribution in [0.1, 0.15) is 17.0 Å². The highest BCUT2D eigenvalue weighted by atomic mass is 32.2. The van der Waals surface area contributed by atoms with Crippen LogP contribution in [0, 0.1) is 18.3 Å². The van der Waals surface area contributed by atoms with Crippen LogP contribution in [0.4, 0.5) is 5.69 Å². The van der Waals surface area contributed by atoms with E-state index in [4.69, 9.17) is 11.0 Å². The predicted molar refractivity (Wildman–Crippen MR) is 78.6 cm³/mol. The molecule has 0 amide bonds. The van der Waals surface area contributed by atoms with Gasteiger partial charge in [-0.15, -0.1) is 0 Å². The van der Waals surface area contributed by atoms with E-state index in [0.29, 0.717) is 11.3 Å². The molecule has 0 aliphatic heterocycles. The highest BCUT2D eigenvalue weighted by molar-refractivity contribution is 7.89. The maximum absolute atomic E-state index is 12.2. The lowest BCUT2D eigenvalue weighted by molar-refractivity contribution is 0.581. The molecular formula is C14H14N4O2S. The quantitative estimate of drug-likeness (QED) is 0.828. The van der Waals surface area contributed by atoms with Crippen molar-refractivity contribution in [3.05, 3.63) is 53.3 Å². The van der Waals surface area contributed by atoms with Crippen LogP contribution in [0.15, 0.2) is 41.3 Å². The van der Waals surface area contributed by atoms with Gasteiger partial charge in [0.15, 0.2) is 0 Å². The zero-order chi connectivity index (χ0) is 15.5. The summed E-state index contributed by atoms with van der Waals surface area (Å²) in [6.07, 6.45) is 0. The number of nitrogens with zero attached hydrogens (tertiary/aromatic N) is 2. The molecule has 0 radical (unpaired) electrons. The number of nitrogen functional groups attached to an aromatic ring is 1. The van der Waals surface area contributed by atoms with Gasteiger partial charge in [0.25, 0.3) is 0 Å². The number of benzene rings is 1. The van der Waals surface area contributed by atoms with Crippen molar-refractivity contribution < 1.29 is 8.42 Å². The number of sulfonamides is 1. The van der Waals surface area contributed by atoms with Gasteiger partial charge in [0.2, 0.25) is 10.0 Å². The number of nitrogens with two attached hydrogens (primary N) is 1. The van der Waals surface area contributed by atoms with Crippen molar-refractivity contribution in [2.75, 3.05) is 5.73 Å². The number of aryl methyl sites for hydroxylation is 1. The molecule has 2 aromatic rings. The first-order valence-corrected chi connectivity index (χ1v) is 7.62. The number of nitrogens with one attached hydrogen (secondary N) is 1. The van der Waals surface area contributed by atoms with Gasteiger partial charge in [-0.05, 0) is 37.3 Å². The molecule has 108 valence electrons. The molecule has 0 aliphatic carbocycles. The van der Waals surface area contributed by atoms with E-state index in [-0.39, 0.29) is 17.1 Å². The Morgan fingerprint density at radius 3 is 2.71 bits per heavy atom. The normalized spacial score (nSPS) is 11.0. The summed E-state index contributed by atoms with van der Waals surface area (Å²) < 4.78 is 26.9. The maximum atomic E-state index is 12.2. The molecule has 0 saturated heterocycles. The Balaban J connectivity index is 2.21. The van der Waals surface area contributed by atoms with Crippen molar-refractivity contribution in [1.29, 1.82) is 5.26 Å². The van der Waals surface area contributed by atoms with E-state index in [1.807, 2.05) is 25.1 Å². The van der Waals surface area contributed by atoms with Gasteiger partial charge in [-0.25, -0.2) is 13.1 Å². The van der Waals surface area contributed by atoms with E-state index >= 15 is 0 Å². The van der Waals surface area contributed by atoms with Crippen molar-refractivity contribution in [2.45, 2.75) is 18.4 Å². The molecular weight excluding hydrogens is 288 g/mol. The minimum Gasteiger partial charge on any atom is -0.398 e. The summed E-state index contributed by atoms with van der Waals surface area (Å²) in [6.45, 7) is 1.90. The SMILES string of the molecule is Cc1cccc(CNS(=O)(=O)c2ccc(C#N)cc2N)n1. The minimum atomic E-state index is -3.75. The van der Waals surface area contributed by atoms with Gasteiger partial charge in [0.1, 0.15) is 4.90 Å². The molecule has 0 bridgehead atoms. The molecule has 0 fully saturated rings. The van der Waals surface area contributed by atoms with Crippen LogP contribution in [-0.4, -0.2) is 13.4 Å². The van der Waals surface area contributed by atoms with Gasteiger partial charge in [-0.2, -0.15) is 5.26 Å². The first-order valence-electron chi connectivity index (χ1n) is 6.14. The van der Waals surface area contributed by atoms with Gasteiger partial charge in [-0.1, -0.05) is 6.07 Å². The van der Waals surface area contributed by atoms with Gasteiger partial charge in [-0.3, -0.25) is 4.98 Å². The summed E-state index contributed by atoms with van der Waals surface area (Å²) in [5.74, 6) is 0. The lowest BCUT2D eigenvalue weighted by atomic mass is 10.2. The molecule has 0 aliphatic rings. The first kappa shape index (κ1) is 15.0. The molecule has 1 aromatic carbocycles. The fourth-order valence-corrected chi connectivity index (χ4v) is 2.92. The van der Waals surface area contributed by atoms with E-state index in [9.17, 15) is 8.42 Å². The number of hydrogen-bond acceptors (Lipinski definition) is 5. The lowest BCUT2D eigenvalue weighted by Gasteiger charge is -2.09. The van der Waals surface area contributed by atoms with Crippen LogP contribution in [0.3, 0.4) is 0 Å². The third kappa shape index (κ3) is 3.56. The second-order valence-electron chi connectivity index (χ2n) is 4.46. The van der Waals surface area contributed by atoms with Gasteiger partial charge in [0, 0.05) is 5.69 Å². The summed E-state index contributed by atoms with van der Waals surface area (Å²) >= 11 is 0. The number of rotatable bonds is 4. The molecule has 0 unspecified atom stereocenters. The molecule has 1 aromatic heterocycles. The molecule has 0 atom stereocenters. The molecule has 1 heterocycles. The van der Waals surface area contributed by atoms with Gasteiger partial charge < -0.3 is 5.73 Å². The van der Waals surface area contributed by atoms with Gasteiger partial charge >= 0.3 is 0 Å². The predicted octanol–water partition coefficient (Wildman–Crippen LogP) is 1.32. The van der Waals surface area contributed by atoms with Crippen molar-refractivity contribution in [3.8, 4) is 6.07 Å². The Kier molecular flexibility index (Phi) is 4.21. The Hall–Kier alpha value is -2.43. The van der Waals surface area contributed by atoms with E-state index in [2.05, 4.69) is 9.71 Å². The second kappa shape index (κ2) is 5.91. The molecule has 0 spiro atoms. The largest absolute Gasteiger partial charge is 0.398 e. The standard InChI is InChI=1S/C14H14N4O2S/c1-10-3-2-4-12(18-10)9-17-21(19,20)14-6-5-11(8-15)7-13(14)16/h2-7,17H,9,16H2,1H3. The number of hydrogen-bond donors (Lipinski definition) is 2. The van der Waals surface area contributed by atoms with Gasteiger partial charge in [0.05, 0.1) is 29.6 Å². The third-order valence-electron chi connectivity index (χ3n) is 2.82. The minimum absolute atomic E-state index is 0.0405. The van der Waals surface area contributed by atoms with E-state index in [0.717, 1.165) is 5.69 Å². The lowest BCUT2D eigenvalue weighted by Crippen LogP contribution is -2.24. The summed E-state index contributed by atoms with van der Waals surface area (Å²) in [4.78, 5) is 4.17. The highest BCUT2D eigenvalue weighted by Gasteiger charge is 2.17. The van der Waals surface area contributed by atoms with Crippen LogP contribution < -0.4 is 10.5 Å². The smallest absolute Gasteiger partial charge is 0.242 e. The molecule has 6 nitrogen and oxygen atoms in total. The Morgan fingerprint density at radius 1 is 1.33 bits per heavy atom. The average molecular weight is 302 g/mol. The Morgan fingerprint density at radius 2 is 2.10 bits per heavy atom. The highest BCUT2D eigenvalue weighted by Crippen LogP contribution is 2.19. The zero-order valence-electron chi connectivity index (χ0n) is 11.4. The maximum Gasteiger partial charge on any atom is 0.242 e. The second-order valence-corrected chi connectivity index (χ2v) is 6.19. The molecule has 0 saturated carbocycles. The third-order valence-corrected chi connectivity index (χ3v) is 4.29. The summed E-state index contributed by atoms with van der Waals surface area (Å²) in [5, 5.41) is 8.75. The number of nitriles is 1. The summed E-state index contributed by atoms with van der Waals surface area (Å²) in [5.41, 5.74) is 7.47. The van der Waals surface area contributed by atoms with Crippen molar-refractivity contribution in [3.63, 3.8) is 0 Å². The number of anilines is 1. The van der Waals surface area contributed by atoms with E-state index < -0.39 is 10.0 Å². The summed E-state index contributed by atoms with van der Waals surface area (Å²) in [7, 11) is -3.75. The Bertz CT molecular complexity index is 810. The van der Waals surface area contributed by atoms with Crippen LogP contribution in [0.2, 0.25) is 0 Å². The molecule has 2 rings (SSSR count). The number of aromatic nitrogens is 1. The fraction of sp³-hybridized carbons (Fsp3) is 0.143. The monoisotopic (exact) mass is 302 g/mol. The van der Waals surface area contributed by atoms with Crippen molar-refractivity contribution >= 4 is 15.7 Å². The zero-order valence-corrected chi connectivity index (χ0v) is 12.2. The molecule has 21 heavy (non-hydrogen) atoms. The number of pyridine rings is 1. The average Bonchev–Trinajstić information content (AvgIpc) is 2.45. The topological polar surface area (TPSA) is 109 Å². The molecule has 3 N–H and O–H groups in total. The van der Waals surface area contributed by atoms with Crippen LogP contribution >= 0.6 is 0 Å².